The summed E-state index contributed by atoms with van der Waals surface area (Å²) in [6, 6.07) is 84.3. The fourth-order valence-electron chi connectivity index (χ4n) is 11.1. The van der Waals surface area contributed by atoms with E-state index in [4.69, 9.17) is 4.99 Å². The van der Waals surface area contributed by atoms with Crippen molar-refractivity contribution in [2.75, 3.05) is 0 Å². The second kappa shape index (κ2) is 17.1. The Balaban J connectivity index is 0.878. The van der Waals surface area contributed by atoms with Gasteiger partial charge in [-0.3, -0.25) is 20.9 Å². The molecule has 1 saturated heterocycles. The fourth-order valence-corrected chi connectivity index (χ4v) is 11.1. The van der Waals surface area contributed by atoms with Gasteiger partial charge in [-0.2, -0.15) is 0 Å². The average molecular weight is 879 g/mol. The summed E-state index contributed by atoms with van der Waals surface area (Å²) in [5.41, 5.74) is 15.6. The summed E-state index contributed by atoms with van der Waals surface area (Å²) in [6.07, 6.45) is 1.66. The van der Waals surface area contributed by atoms with Crippen LogP contribution in [0, 0.1) is 0 Å². The van der Waals surface area contributed by atoms with Crippen LogP contribution in [0.5, 0.6) is 0 Å². The quantitative estimate of drug-likeness (QED) is 0.143. The molecule has 0 bridgehead atoms. The lowest BCUT2D eigenvalue weighted by Crippen LogP contribution is -2.45. The van der Waals surface area contributed by atoms with E-state index in [1.807, 2.05) is 0 Å². The minimum Gasteiger partial charge on any atom is -0.309 e. The van der Waals surface area contributed by atoms with Gasteiger partial charge in [-0.05, 0) is 88.3 Å². The standard InChI is InChI=1S/C62H50N6/c1-5-17-41(18-6-1)51-39-53(65-61(63-51)45-21-9-3-10-22-45)43-29-33-47(34-30-43)67-55-27-15-13-25-49(55)59-57(67)37-38-58-60(59)50-26-14-16-28-56(50)68(58)48-35-31-44(32-36-48)54-40-52(42-19-7-2-8-20-42)64-62(66-54)46-23-11-4-12-24-46/h1-38,51-53,61-65H,39-40H2. The molecule has 0 aliphatic carbocycles. The summed E-state index contributed by atoms with van der Waals surface area (Å²) in [4.78, 5) is 5.33. The Morgan fingerprint density at radius 3 is 1.31 bits per heavy atom. The first kappa shape index (κ1) is 40.4. The summed E-state index contributed by atoms with van der Waals surface area (Å²) in [5.74, 6) is 0. The van der Waals surface area contributed by atoms with E-state index in [0.717, 1.165) is 35.5 Å². The van der Waals surface area contributed by atoms with Crippen LogP contribution < -0.4 is 16.0 Å². The van der Waals surface area contributed by atoms with E-state index in [1.54, 1.807) is 0 Å². The minimum atomic E-state index is -0.128. The lowest BCUT2D eigenvalue weighted by molar-refractivity contribution is 0.247. The van der Waals surface area contributed by atoms with Crippen LogP contribution in [0.25, 0.3) is 55.0 Å². The van der Waals surface area contributed by atoms with Crippen LogP contribution in [-0.4, -0.2) is 14.8 Å². The number of fused-ring (bicyclic) bond motifs is 7. The predicted molar refractivity (Wildman–Crippen MR) is 280 cm³/mol. The number of aliphatic imine (C=N–C) groups is 1. The van der Waals surface area contributed by atoms with Gasteiger partial charge in [-0.15, -0.1) is 0 Å². The molecule has 5 unspecified atom stereocenters. The zero-order valence-electron chi connectivity index (χ0n) is 37.6. The van der Waals surface area contributed by atoms with Crippen molar-refractivity contribution in [1.29, 1.82) is 0 Å². The third kappa shape index (κ3) is 7.13. The number of nitrogens with zero attached hydrogens (tertiary/aromatic N) is 3. The monoisotopic (exact) mass is 878 g/mol. The van der Waals surface area contributed by atoms with Crippen LogP contribution in [0.4, 0.5) is 0 Å². The number of para-hydroxylation sites is 2. The van der Waals surface area contributed by atoms with Gasteiger partial charge >= 0.3 is 0 Å². The van der Waals surface area contributed by atoms with E-state index in [9.17, 15) is 0 Å². The Bertz CT molecular complexity index is 3550. The van der Waals surface area contributed by atoms with Gasteiger partial charge in [0.1, 0.15) is 6.17 Å². The second-order valence-corrected chi connectivity index (χ2v) is 18.3. The van der Waals surface area contributed by atoms with Gasteiger partial charge in [0, 0.05) is 63.2 Å². The molecule has 4 heterocycles. The fraction of sp³-hybridized carbons (Fsp3) is 0.113. The number of rotatable bonds is 8. The summed E-state index contributed by atoms with van der Waals surface area (Å²) < 4.78 is 4.89. The molecular weight excluding hydrogens is 829 g/mol. The third-order valence-electron chi connectivity index (χ3n) is 14.4. The molecule has 2 aromatic heterocycles. The minimum absolute atomic E-state index is 0.0314. The van der Waals surface area contributed by atoms with Crippen LogP contribution in [0.15, 0.2) is 236 Å². The van der Waals surface area contributed by atoms with Crippen LogP contribution in [0.2, 0.25) is 0 Å². The van der Waals surface area contributed by atoms with Crippen LogP contribution in [0.3, 0.4) is 0 Å². The van der Waals surface area contributed by atoms with E-state index in [2.05, 4.69) is 256 Å². The first-order valence-electron chi connectivity index (χ1n) is 23.9. The van der Waals surface area contributed by atoms with Gasteiger partial charge in [-0.1, -0.05) is 182 Å². The molecule has 9 aromatic carbocycles. The molecule has 1 fully saturated rings. The predicted octanol–water partition coefficient (Wildman–Crippen LogP) is 14.2. The van der Waals surface area contributed by atoms with Gasteiger partial charge in [0.25, 0.3) is 0 Å². The van der Waals surface area contributed by atoms with E-state index < -0.39 is 0 Å². The largest absolute Gasteiger partial charge is 0.309 e. The molecule has 13 rings (SSSR count). The maximum atomic E-state index is 5.33. The first-order valence-corrected chi connectivity index (χ1v) is 23.9. The smallest absolute Gasteiger partial charge is 0.126 e. The zero-order valence-corrected chi connectivity index (χ0v) is 37.6. The molecule has 6 nitrogen and oxygen atoms in total. The van der Waals surface area contributed by atoms with Crippen LogP contribution in [0.1, 0.15) is 76.7 Å². The molecule has 0 saturated carbocycles. The topological polar surface area (TPSA) is 58.3 Å². The van der Waals surface area contributed by atoms with Gasteiger partial charge < -0.3 is 9.13 Å². The number of hydrogen-bond donors (Lipinski definition) is 3. The van der Waals surface area contributed by atoms with Crippen molar-refractivity contribution in [1.82, 2.24) is 25.1 Å². The van der Waals surface area contributed by atoms with E-state index in [1.165, 1.54) is 71.4 Å². The number of hydrogen-bond acceptors (Lipinski definition) is 4. The molecule has 328 valence electrons. The normalized spacial score (nSPS) is 19.7. The average Bonchev–Trinajstić information content (AvgIpc) is 3.94. The van der Waals surface area contributed by atoms with Gasteiger partial charge in [0.15, 0.2) is 0 Å². The van der Waals surface area contributed by atoms with Crippen molar-refractivity contribution in [2.45, 2.75) is 43.3 Å². The molecule has 0 radical (unpaired) electrons. The maximum absolute atomic E-state index is 5.33. The molecule has 0 spiro atoms. The molecule has 6 heteroatoms. The van der Waals surface area contributed by atoms with Crippen molar-refractivity contribution in [3.8, 4) is 11.4 Å². The van der Waals surface area contributed by atoms with Crippen LogP contribution in [-0.2, 0) is 0 Å². The summed E-state index contributed by atoms with van der Waals surface area (Å²) >= 11 is 0. The highest BCUT2D eigenvalue weighted by atomic mass is 15.2. The van der Waals surface area contributed by atoms with Crippen molar-refractivity contribution in [2.24, 2.45) is 4.99 Å². The number of aromatic nitrogens is 2. The van der Waals surface area contributed by atoms with Crippen LogP contribution >= 0.6 is 0 Å². The van der Waals surface area contributed by atoms with Crippen molar-refractivity contribution in [3.63, 3.8) is 0 Å². The summed E-state index contributed by atoms with van der Waals surface area (Å²) in [5, 5.41) is 16.7. The van der Waals surface area contributed by atoms with Crippen molar-refractivity contribution >= 4 is 49.3 Å². The van der Waals surface area contributed by atoms with Gasteiger partial charge in [0.05, 0.1) is 28.2 Å². The number of benzene rings is 9. The van der Waals surface area contributed by atoms with Crippen molar-refractivity contribution in [3.05, 3.63) is 264 Å². The Morgan fingerprint density at radius 2 is 0.779 bits per heavy atom. The lowest BCUT2D eigenvalue weighted by atomic mass is 9.91. The van der Waals surface area contributed by atoms with Crippen molar-refractivity contribution < 1.29 is 0 Å². The SMILES string of the molecule is c1ccc(C2CC(c3ccc(-n4c5ccccc5c5c6c7ccccc7n(-c7ccc(C8CC(c9ccccc9)NC(c9ccccc9)N8)cc7)c6ccc54)cc3)=NC(c3ccccc3)N2)cc1. The molecular formula is C62H50N6. The molecule has 2 aliphatic heterocycles. The van der Waals surface area contributed by atoms with E-state index >= 15 is 0 Å². The lowest BCUT2D eigenvalue weighted by Gasteiger charge is -2.38. The first-order chi connectivity index (χ1) is 33.7. The zero-order chi connectivity index (χ0) is 45.0. The van der Waals surface area contributed by atoms with Gasteiger partial charge in [-0.25, -0.2) is 0 Å². The number of nitrogens with one attached hydrogen (secondary N) is 3. The highest BCUT2D eigenvalue weighted by Gasteiger charge is 2.31. The Morgan fingerprint density at radius 1 is 0.353 bits per heavy atom. The summed E-state index contributed by atoms with van der Waals surface area (Å²) in [6.45, 7) is 0. The summed E-state index contributed by atoms with van der Waals surface area (Å²) in [7, 11) is 0. The molecule has 68 heavy (non-hydrogen) atoms. The molecule has 0 amide bonds. The molecule has 3 N–H and O–H groups in total. The Labute approximate surface area is 396 Å². The highest BCUT2D eigenvalue weighted by Crippen LogP contribution is 2.43. The molecule has 2 aliphatic rings. The Hall–Kier alpha value is -7.87. The molecule has 11 aromatic rings. The van der Waals surface area contributed by atoms with E-state index in [-0.39, 0.29) is 30.5 Å². The molecule has 5 atom stereocenters. The van der Waals surface area contributed by atoms with Gasteiger partial charge in [0.2, 0.25) is 0 Å². The maximum Gasteiger partial charge on any atom is 0.126 e. The Kier molecular flexibility index (Phi) is 10.2. The highest BCUT2D eigenvalue weighted by molar-refractivity contribution is 6.28. The third-order valence-corrected chi connectivity index (χ3v) is 14.4. The second-order valence-electron chi connectivity index (χ2n) is 18.3. The van der Waals surface area contributed by atoms with E-state index in [0.29, 0.717) is 0 Å².